The zero-order chi connectivity index (χ0) is 13.4. The third kappa shape index (κ3) is 6.03. The maximum Gasteiger partial charge on any atom is 0.119 e. The lowest BCUT2D eigenvalue weighted by Crippen LogP contribution is -2.26. The maximum atomic E-state index is 9.79. The van der Waals surface area contributed by atoms with Crippen molar-refractivity contribution in [2.75, 3.05) is 13.7 Å². The molecule has 0 amide bonds. The zero-order valence-electron chi connectivity index (χ0n) is 11.6. The fraction of sp³-hybridized carbons (Fsp3) is 0.600. The van der Waals surface area contributed by atoms with E-state index in [9.17, 15) is 5.11 Å². The second kappa shape index (κ2) is 8.11. The summed E-state index contributed by atoms with van der Waals surface area (Å²) >= 11 is 0. The van der Waals surface area contributed by atoms with Crippen LogP contribution in [0.5, 0.6) is 5.75 Å². The molecule has 0 fully saturated rings. The van der Waals surface area contributed by atoms with Crippen LogP contribution < -0.4 is 10.1 Å². The van der Waals surface area contributed by atoms with Crippen LogP contribution in [0.1, 0.15) is 32.3 Å². The van der Waals surface area contributed by atoms with E-state index in [1.807, 2.05) is 18.2 Å². The van der Waals surface area contributed by atoms with Crippen molar-refractivity contribution >= 4 is 0 Å². The highest BCUT2D eigenvalue weighted by atomic mass is 16.5. The number of rotatable bonds is 8. The van der Waals surface area contributed by atoms with Gasteiger partial charge in [-0.2, -0.15) is 0 Å². The van der Waals surface area contributed by atoms with Gasteiger partial charge in [-0.05, 0) is 36.5 Å². The Morgan fingerprint density at radius 2 is 2.06 bits per heavy atom. The fourth-order valence-electron chi connectivity index (χ4n) is 1.79. The smallest absolute Gasteiger partial charge is 0.119 e. The van der Waals surface area contributed by atoms with Crippen LogP contribution in [0.3, 0.4) is 0 Å². The summed E-state index contributed by atoms with van der Waals surface area (Å²) in [4.78, 5) is 0. The third-order valence-corrected chi connectivity index (χ3v) is 2.92. The molecule has 0 aromatic heterocycles. The predicted molar refractivity (Wildman–Crippen MR) is 74.8 cm³/mol. The van der Waals surface area contributed by atoms with E-state index in [0.717, 1.165) is 25.1 Å². The van der Waals surface area contributed by atoms with Crippen molar-refractivity contribution in [3.63, 3.8) is 0 Å². The number of aliphatic hydroxyl groups is 1. The van der Waals surface area contributed by atoms with Gasteiger partial charge in [0, 0.05) is 13.1 Å². The molecule has 18 heavy (non-hydrogen) atoms. The molecule has 1 aromatic carbocycles. The van der Waals surface area contributed by atoms with Gasteiger partial charge in [0.15, 0.2) is 0 Å². The molecular weight excluding hydrogens is 226 g/mol. The largest absolute Gasteiger partial charge is 0.497 e. The summed E-state index contributed by atoms with van der Waals surface area (Å²) in [6.07, 6.45) is 1.68. The number of hydrogen-bond donors (Lipinski definition) is 2. The molecule has 0 aliphatic carbocycles. The maximum absolute atomic E-state index is 9.79. The van der Waals surface area contributed by atoms with Crippen molar-refractivity contribution in [1.29, 1.82) is 0 Å². The van der Waals surface area contributed by atoms with E-state index < -0.39 is 0 Å². The highest BCUT2D eigenvalue weighted by molar-refractivity contribution is 5.28. The Balaban J connectivity index is 2.24. The second-order valence-electron chi connectivity index (χ2n) is 5.11. The van der Waals surface area contributed by atoms with Crippen LogP contribution in [0.2, 0.25) is 0 Å². The summed E-state index contributed by atoms with van der Waals surface area (Å²) in [6, 6.07) is 7.97. The minimum atomic E-state index is -0.252. The van der Waals surface area contributed by atoms with Crippen molar-refractivity contribution in [3.8, 4) is 5.75 Å². The number of methoxy groups -OCH3 is 1. The molecule has 0 saturated heterocycles. The molecule has 0 aliphatic rings. The Labute approximate surface area is 110 Å². The lowest BCUT2D eigenvalue weighted by molar-refractivity contribution is 0.153. The van der Waals surface area contributed by atoms with E-state index in [-0.39, 0.29) is 6.10 Å². The molecule has 3 heteroatoms. The van der Waals surface area contributed by atoms with E-state index >= 15 is 0 Å². The molecule has 1 rings (SSSR count). The van der Waals surface area contributed by atoms with Crippen LogP contribution >= 0.6 is 0 Å². The minimum Gasteiger partial charge on any atom is -0.497 e. The highest BCUT2D eigenvalue weighted by Crippen LogP contribution is 2.12. The average molecular weight is 251 g/mol. The molecule has 0 radical (unpaired) electrons. The Bertz CT molecular complexity index is 339. The van der Waals surface area contributed by atoms with Crippen LogP contribution in [-0.4, -0.2) is 24.9 Å². The van der Waals surface area contributed by atoms with Gasteiger partial charge in [0.05, 0.1) is 13.2 Å². The Morgan fingerprint density at radius 1 is 1.28 bits per heavy atom. The molecular formula is C15H25NO2. The van der Waals surface area contributed by atoms with Crippen LogP contribution in [0.25, 0.3) is 0 Å². The topological polar surface area (TPSA) is 41.5 Å². The van der Waals surface area contributed by atoms with Gasteiger partial charge in [0.25, 0.3) is 0 Å². The number of aliphatic hydroxyl groups excluding tert-OH is 1. The van der Waals surface area contributed by atoms with Crippen molar-refractivity contribution in [1.82, 2.24) is 5.32 Å². The molecule has 0 spiro atoms. The van der Waals surface area contributed by atoms with E-state index in [2.05, 4.69) is 25.2 Å². The van der Waals surface area contributed by atoms with Gasteiger partial charge in [-0.15, -0.1) is 0 Å². The average Bonchev–Trinajstić information content (AvgIpc) is 2.36. The van der Waals surface area contributed by atoms with Gasteiger partial charge in [-0.25, -0.2) is 0 Å². The third-order valence-electron chi connectivity index (χ3n) is 2.92. The summed E-state index contributed by atoms with van der Waals surface area (Å²) in [6.45, 7) is 5.76. The number of benzene rings is 1. The first-order chi connectivity index (χ1) is 8.61. The van der Waals surface area contributed by atoms with Gasteiger partial charge in [-0.1, -0.05) is 26.0 Å². The number of nitrogens with one attached hydrogen (secondary N) is 1. The van der Waals surface area contributed by atoms with E-state index in [0.29, 0.717) is 12.5 Å². The monoisotopic (exact) mass is 251 g/mol. The fourth-order valence-corrected chi connectivity index (χ4v) is 1.79. The Kier molecular flexibility index (Phi) is 6.76. The number of hydrogen-bond acceptors (Lipinski definition) is 3. The zero-order valence-corrected chi connectivity index (χ0v) is 11.6. The lowest BCUT2D eigenvalue weighted by Gasteiger charge is -2.13. The Hall–Kier alpha value is -1.06. The van der Waals surface area contributed by atoms with Gasteiger partial charge in [-0.3, -0.25) is 0 Å². The van der Waals surface area contributed by atoms with Crippen molar-refractivity contribution in [2.24, 2.45) is 5.92 Å². The predicted octanol–water partition coefficient (Wildman–Crippen LogP) is 2.58. The SMILES string of the molecule is COc1cccc(CNC[C@@H](O)CCC(C)C)c1. The van der Waals surface area contributed by atoms with Gasteiger partial charge >= 0.3 is 0 Å². The van der Waals surface area contributed by atoms with Gasteiger partial charge < -0.3 is 15.2 Å². The van der Waals surface area contributed by atoms with Crippen LogP contribution in [0.4, 0.5) is 0 Å². The van der Waals surface area contributed by atoms with Crippen molar-refractivity contribution in [2.45, 2.75) is 39.3 Å². The molecule has 102 valence electrons. The molecule has 2 N–H and O–H groups in total. The summed E-state index contributed by atoms with van der Waals surface area (Å²) in [7, 11) is 1.67. The van der Waals surface area contributed by atoms with Crippen LogP contribution in [-0.2, 0) is 6.54 Å². The van der Waals surface area contributed by atoms with Crippen LogP contribution in [0.15, 0.2) is 24.3 Å². The van der Waals surface area contributed by atoms with E-state index in [4.69, 9.17) is 4.74 Å². The molecule has 1 aromatic rings. The molecule has 1 atom stereocenters. The molecule has 0 unspecified atom stereocenters. The summed E-state index contributed by atoms with van der Waals surface area (Å²) in [5, 5.41) is 13.1. The van der Waals surface area contributed by atoms with E-state index in [1.165, 1.54) is 5.56 Å². The summed E-state index contributed by atoms with van der Waals surface area (Å²) < 4.78 is 5.17. The Morgan fingerprint density at radius 3 is 2.72 bits per heavy atom. The standard InChI is InChI=1S/C15H25NO2/c1-12(2)7-8-14(17)11-16-10-13-5-4-6-15(9-13)18-3/h4-6,9,12,14,16-17H,7-8,10-11H2,1-3H3/t14-/m0/s1. The molecule has 0 saturated carbocycles. The normalized spacial score (nSPS) is 12.7. The molecule has 0 heterocycles. The summed E-state index contributed by atoms with van der Waals surface area (Å²) in [5.74, 6) is 1.52. The van der Waals surface area contributed by atoms with Crippen molar-refractivity contribution < 1.29 is 9.84 Å². The highest BCUT2D eigenvalue weighted by Gasteiger charge is 2.05. The first-order valence-corrected chi connectivity index (χ1v) is 6.63. The molecule has 3 nitrogen and oxygen atoms in total. The second-order valence-corrected chi connectivity index (χ2v) is 5.11. The quantitative estimate of drug-likeness (QED) is 0.746. The van der Waals surface area contributed by atoms with Crippen molar-refractivity contribution in [3.05, 3.63) is 29.8 Å². The van der Waals surface area contributed by atoms with Gasteiger partial charge in [0.2, 0.25) is 0 Å². The van der Waals surface area contributed by atoms with E-state index in [1.54, 1.807) is 7.11 Å². The summed E-state index contributed by atoms with van der Waals surface area (Å²) in [5.41, 5.74) is 1.17. The van der Waals surface area contributed by atoms with Crippen LogP contribution in [0, 0.1) is 5.92 Å². The lowest BCUT2D eigenvalue weighted by atomic mass is 10.1. The molecule has 0 bridgehead atoms. The minimum absolute atomic E-state index is 0.252. The molecule has 0 aliphatic heterocycles. The first-order valence-electron chi connectivity index (χ1n) is 6.63. The first kappa shape index (κ1) is 15.0. The van der Waals surface area contributed by atoms with Gasteiger partial charge in [0.1, 0.15) is 5.75 Å². The number of ether oxygens (including phenoxy) is 1.